The van der Waals surface area contributed by atoms with E-state index in [4.69, 9.17) is 0 Å². The van der Waals surface area contributed by atoms with Gasteiger partial charge in [0.15, 0.2) is 0 Å². The highest BCUT2D eigenvalue weighted by atomic mass is 32.1. The fourth-order valence-corrected chi connectivity index (χ4v) is 2.23. The summed E-state index contributed by atoms with van der Waals surface area (Å²) >= 11 is 1.52. The number of nitrogens with zero attached hydrogens (tertiary/aromatic N) is 1. The highest BCUT2D eigenvalue weighted by molar-refractivity contribution is 7.08. The first-order valence-electron chi connectivity index (χ1n) is 4.68. The van der Waals surface area contributed by atoms with Crippen LogP contribution in [-0.2, 0) is 0 Å². The van der Waals surface area contributed by atoms with Gasteiger partial charge in [-0.05, 0) is 17.9 Å². The van der Waals surface area contributed by atoms with Crippen LogP contribution in [0.15, 0.2) is 16.8 Å². The van der Waals surface area contributed by atoms with Gasteiger partial charge in [-0.15, -0.1) is 0 Å². The van der Waals surface area contributed by atoms with Gasteiger partial charge in [-0.1, -0.05) is 6.92 Å². The van der Waals surface area contributed by atoms with Gasteiger partial charge < -0.3 is 10.0 Å². The number of β-amino-alcohol motifs (C(OH)–C–C–N with tert-alkyl or cyclic N) is 1. The Morgan fingerprint density at radius 3 is 2.93 bits per heavy atom. The Hall–Kier alpha value is -0.870. The molecule has 1 N–H and O–H groups in total. The molecule has 2 rings (SSSR count). The molecule has 1 fully saturated rings. The second-order valence-electron chi connectivity index (χ2n) is 3.75. The van der Waals surface area contributed by atoms with Crippen LogP contribution in [-0.4, -0.2) is 34.6 Å². The number of rotatable bonds is 2. The number of thiophene rings is 1. The van der Waals surface area contributed by atoms with Crippen molar-refractivity contribution in [3.63, 3.8) is 0 Å². The minimum Gasteiger partial charge on any atom is -0.386 e. The van der Waals surface area contributed by atoms with Crippen LogP contribution < -0.4 is 0 Å². The number of aliphatic hydroxyl groups is 1. The molecule has 3 nitrogen and oxygen atoms in total. The van der Waals surface area contributed by atoms with Gasteiger partial charge in [-0.3, -0.25) is 4.79 Å². The molecule has 1 saturated heterocycles. The normalized spacial score (nSPS) is 19.1. The molecule has 0 radical (unpaired) electrons. The third-order valence-corrected chi connectivity index (χ3v) is 3.37. The third kappa shape index (κ3) is 1.55. The van der Waals surface area contributed by atoms with Gasteiger partial charge in [-0.2, -0.15) is 11.3 Å². The third-order valence-electron chi connectivity index (χ3n) is 2.68. The van der Waals surface area contributed by atoms with Crippen LogP contribution in [0.5, 0.6) is 0 Å². The lowest BCUT2D eigenvalue weighted by atomic mass is 9.91. The van der Waals surface area contributed by atoms with E-state index >= 15 is 0 Å². The molecular formula is C10H13NO2S. The average Bonchev–Trinajstić information content (AvgIpc) is 2.64. The van der Waals surface area contributed by atoms with E-state index in [1.165, 1.54) is 11.3 Å². The first-order chi connectivity index (χ1) is 6.64. The summed E-state index contributed by atoms with van der Waals surface area (Å²) in [6.07, 6.45) is 0.709. The van der Waals surface area contributed by atoms with Gasteiger partial charge in [0, 0.05) is 5.38 Å². The summed E-state index contributed by atoms with van der Waals surface area (Å²) in [6.45, 7) is 2.88. The zero-order valence-electron chi connectivity index (χ0n) is 8.06. The molecule has 1 aliphatic heterocycles. The van der Waals surface area contributed by atoms with E-state index in [1.54, 1.807) is 4.90 Å². The molecule has 1 aromatic rings. The second kappa shape index (κ2) is 3.37. The van der Waals surface area contributed by atoms with Crippen LogP contribution in [0.2, 0.25) is 0 Å². The monoisotopic (exact) mass is 211 g/mol. The van der Waals surface area contributed by atoms with E-state index in [1.807, 2.05) is 23.8 Å². The second-order valence-corrected chi connectivity index (χ2v) is 4.53. The van der Waals surface area contributed by atoms with Crippen molar-refractivity contribution in [2.75, 3.05) is 13.1 Å². The molecule has 1 aromatic heterocycles. The molecule has 0 aliphatic carbocycles. The fraction of sp³-hybridized carbons (Fsp3) is 0.500. The van der Waals surface area contributed by atoms with E-state index in [-0.39, 0.29) is 5.91 Å². The molecule has 0 atom stereocenters. The molecule has 1 amide bonds. The van der Waals surface area contributed by atoms with Crippen molar-refractivity contribution in [3.05, 3.63) is 22.4 Å². The van der Waals surface area contributed by atoms with Crippen molar-refractivity contribution in [2.45, 2.75) is 18.9 Å². The summed E-state index contributed by atoms with van der Waals surface area (Å²) in [4.78, 5) is 13.4. The summed E-state index contributed by atoms with van der Waals surface area (Å²) in [6, 6.07) is 1.82. The van der Waals surface area contributed by atoms with Gasteiger partial charge in [-0.25, -0.2) is 0 Å². The molecule has 1 aliphatic rings. The lowest BCUT2D eigenvalue weighted by Crippen LogP contribution is -2.63. The number of hydrogen-bond acceptors (Lipinski definition) is 3. The number of hydrogen-bond donors (Lipinski definition) is 1. The Morgan fingerprint density at radius 2 is 2.43 bits per heavy atom. The number of carbonyl (C=O) groups is 1. The van der Waals surface area contributed by atoms with Crippen molar-refractivity contribution >= 4 is 17.2 Å². The topological polar surface area (TPSA) is 40.5 Å². The van der Waals surface area contributed by atoms with Gasteiger partial charge in [0.1, 0.15) is 0 Å². The summed E-state index contributed by atoms with van der Waals surface area (Å²) < 4.78 is 0. The van der Waals surface area contributed by atoms with Crippen molar-refractivity contribution in [3.8, 4) is 0 Å². The number of carbonyl (C=O) groups excluding carboxylic acids is 1. The molecule has 0 spiro atoms. The molecule has 0 saturated carbocycles. The summed E-state index contributed by atoms with van der Waals surface area (Å²) in [5.41, 5.74) is 0.0965. The van der Waals surface area contributed by atoms with Gasteiger partial charge >= 0.3 is 0 Å². The van der Waals surface area contributed by atoms with E-state index in [0.29, 0.717) is 19.5 Å². The minimum absolute atomic E-state index is 0.0318. The Labute approximate surface area is 87.0 Å². The molecule has 14 heavy (non-hydrogen) atoms. The first kappa shape index (κ1) is 9.68. The summed E-state index contributed by atoms with van der Waals surface area (Å²) in [7, 11) is 0. The maximum Gasteiger partial charge on any atom is 0.254 e. The minimum atomic E-state index is -0.633. The van der Waals surface area contributed by atoms with Crippen LogP contribution in [0, 0.1) is 0 Å². The van der Waals surface area contributed by atoms with E-state index < -0.39 is 5.60 Å². The Morgan fingerprint density at radius 1 is 1.71 bits per heavy atom. The lowest BCUT2D eigenvalue weighted by molar-refractivity contribution is -0.0826. The maximum atomic E-state index is 11.7. The zero-order chi connectivity index (χ0) is 10.2. The predicted molar refractivity (Wildman–Crippen MR) is 55.5 cm³/mol. The molecule has 0 unspecified atom stereocenters. The largest absolute Gasteiger partial charge is 0.386 e. The SMILES string of the molecule is CCC1(O)CN(C(=O)c2ccsc2)C1. The standard InChI is InChI=1S/C10H13NO2S/c1-2-10(13)6-11(7-10)9(12)8-3-4-14-5-8/h3-5,13H,2,6-7H2,1H3. The van der Waals surface area contributed by atoms with E-state index in [9.17, 15) is 9.90 Å². The van der Waals surface area contributed by atoms with Crippen LogP contribution >= 0.6 is 11.3 Å². The molecule has 0 aromatic carbocycles. The van der Waals surface area contributed by atoms with Crippen molar-refractivity contribution in [1.29, 1.82) is 0 Å². The quantitative estimate of drug-likeness (QED) is 0.802. The Balaban J connectivity index is 1.98. The van der Waals surface area contributed by atoms with E-state index in [2.05, 4.69) is 0 Å². The van der Waals surface area contributed by atoms with Gasteiger partial charge in [0.05, 0.1) is 24.3 Å². The van der Waals surface area contributed by atoms with Crippen molar-refractivity contribution in [2.24, 2.45) is 0 Å². The first-order valence-corrected chi connectivity index (χ1v) is 5.63. The van der Waals surface area contributed by atoms with Gasteiger partial charge in [0.2, 0.25) is 0 Å². The molecule has 76 valence electrons. The van der Waals surface area contributed by atoms with Crippen molar-refractivity contribution in [1.82, 2.24) is 4.90 Å². The predicted octanol–water partition coefficient (Wildman–Crippen LogP) is 1.35. The highest BCUT2D eigenvalue weighted by Gasteiger charge is 2.42. The number of likely N-dealkylation sites (tertiary alicyclic amines) is 1. The van der Waals surface area contributed by atoms with Crippen LogP contribution in [0.3, 0.4) is 0 Å². The molecule has 4 heteroatoms. The molecule has 0 bridgehead atoms. The van der Waals surface area contributed by atoms with Crippen LogP contribution in [0.1, 0.15) is 23.7 Å². The summed E-state index contributed by atoms with van der Waals surface area (Å²) in [5, 5.41) is 13.5. The Bertz CT molecular complexity index is 328. The highest BCUT2D eigenvalue weighted by Crippen LogP contribution is 2.26. The van der Waals surface area contributed by atoms with Crippen LogP contribution in [0.25, 0.3) is 0 Å². The smallest absolute Gasteiger partial charge is 0.254 e. The van der Waals surface area contributed by atoms with Gasteiger partial charge in [0.25, 0.3) is 5.91 Å². The number of amides is 1. The average molecular weight is 211 g/mol. The van der Waals surface area contributed by atoms with Crippen molar-refractivity contribution < 1.29 is 9.90 Å². The van der Waals surface area contributed by atoms with Crippen LogP contribution in [0.4, 0.5) is 0 Å². The lowest BCUT2D eigenvalue weighted by Gasteiger charge is -2.46. The summed E-state index contributed by atoms with van der Waals surface area (Å²) in [5.74, 6) is 0.0318. The molecule has 2 heterocycles. The molecular weight excluding hydrogens is 198 g/mol. The zero-order valence-corrected chi connectivity index (χ0v) is 8.88. The Kier molecular flexibility index (Phi) is 2.33. The fourth-order valence-electron chi connectivity index (χ4n) is 1.60. The van der Waals surface area contributed by atoms with E-state index in [0.717, 1.165) is 5.56 Å². The maximum absolute atomic E-state index is 11.7.